The number of nitrogens with zero attached hydrogens (tertiary/aromatic N) is 1. The minimum absolute atomic E-state index is 0. The van der Waals surface area contributed by atoms with Crippen LogP contribution in [0.1, 0.15) is 35.2 Å². The molecular formula is C18H27BrClN3O3. The zero-order valence-corrected chi connectivity index (χ0v) is 17.5. The van der Waals surface area contributed by atoms with Crippen LogP contribution in [-0.2, 0) is 11.2 Å². The fourth-order valence-electron chi connectivity index (χ4n) is 3.53. The highest BCUT2D eigenvalue weighted by Crippen LogP contribution is 2.38. The normalized spacial score (nSPS) is 17.3. The average molecular weight is 449 g/mol. The number of hydrogen-bond acceptors (Lipinski definition) is 5. The molecule has 1 saturated heterocycles. The lowest BCUT2D eigenvalue weighted by Gasteiger charge is -2.32. The molecule has 0 spiro atoms. The molecule has 0 bridgehead atoms. The molecule has 0 saturated carbocycles. The number of methoxy groups -OCH3 is 1. The van der Waals surface area contributed by atoms with Crippen molar-refractivity contribution in [1.29, 1.82) is 0 Å². The first kappa shape index (κ1) is 21.3. The molecule has 1 amide bonds. The summed E-state index contributed by atoms with van der Waals surface area (Å²) in [6, 6.07) is 1.80. The summed E-state index contributed by atoms with van der Waals surface area (Å²) in [5, 5.41) is 3.55. The van der Waals surface area contributed by atoms with E-state index in [4.69, 9.17) is 26.8 Å². The molecule has 3 N–H and O–H groups in total. The van der Waals surface area contributed by atoms with E-state index in [0.29, 0.717) is 35.1 Å². The third-order valence-corrected chi connectivity index (χ3v) is 5.27. The van der Waals surface area contributed by atoms with Crippen molar-refractivity contribution < 1.29 is 14.3 Å². The van der Waals surface area contributed by atoms with Gasteiger partial charge in [-0.2, -0.15) is 0 Å². The van der Waals surface area contributed by atoms with E-state index >= 15 is 0 Å². The number of likely N-dealkylation sites (tertiary alicyclic amines) is 1. The van der Waals surface area contributed by atoms with Crippen LogP contribution >= 0.6 is 28.6 Å². The SMILES string of the molecule is Br.COCCCN1CCC(NC(=O)c2cc(Cl)c(N)c3c2OCC3)CC1. The van der Waals surface area contributed by atoms with Gasteiger partial charge in [-0.05, 0) is 25.3 Å². The third-order valence-electron chi connectivity index (χ3n) is 4.96. The third kappa shape index (κ3) is 4.82. The largest absolute Gasteiger partial charge is 0.492 e. The highest BCUT2D eigenvalue weighted by atomic mass is 79.9. The Labute approximate surface area is 170 Å². The van der Waals surface area contributed by atoms with Crippen molar-refractivity contribution in [2.24, 2.45) is 0 Å². The predicted molar refractivity (Wildman–Crippen MR) is 109 cm³/mol. The maximum absolute atomic E-state index is 12.7. The van der Waals surface area contributed by atoms with Crippen molar-refractivity contribution in [3.63, 3.8) is 0 Å². The molecule has 0 unspecified atom stereocenters. The lowest BCUT2D eigenvalue weighted by Crippen LogP contribution is -2.45. The lowest BCUT2D eigenvalue weighted by atomic mass is 10.0. The molecule has 0 atom stereocenters. The van der Waals surface area contributed by atoms with Gasteiger partial charge in [-0.1, -0.05) is 11.6 Å². The Morgan fingerprint density at radius 1 is 1.46 bits per heavy atom. The van der Waals surface area contributed by atoms with Crippen LogP contribution in [0.2, 0.25) is 5.02 Å². The number of carbonyl (C=O) groups excluding carboxylic acids is 1. The van der Waals surface area contributed by atoms with Crippen molar-refractivity contribution in [1.82, 2.24) is 10.2 Å². The Morgan fingerprint density at radius 2 is 2.19 bits per heavy atom. The number of nitrogens with two attached hydrogens (primary N) is 1. The molecule has 1 aromatic rings. The van der Waals surface area contributed by atoms with Gasteiger partial charge < -0.3 is 25.4 Å². The maximum atomic E-state index is 12.7. The van der Waals surface area contributed by atoms with Crippen LogP contribution in [0.3, 0.4) is 0 Å². The molecule has 8 heteroatoms. The second-order valence-corrected chi connectivity index (χ2v) is 7.07. The summed E-state index contributed by atoms with van der Waals surface area (Å²) in [4.78, 5) is 15.1. The van der Waals surface area contributed by atoms with Gasteiger partial charge in [-0.15, -0.1) is 17.0 Å². The first-order valence-corrected chi connectivity index (χ1v) is 9.23. The Bertz CT molecular complexity index is 637. The number of hydrogen-bond donors (Lipinski definition) is 2. The highest BCUT2D eigenvalue weighted by Gasteiger charge is 2.27. The number of amides is 1. The minimum Gasteiger partial charge on any atom is -0.492 e. The first-order valence-electron chi connectivity index (χ1n) is 8.86. The van der Waals surface area contributed by atoms with Crippen LogP contribution in [-0.4, -0.2) is 56.8 Å². The van der Waals surface area contributed by atoms with E-state index in [9.17, 15) is 4.79 Å². The standard InChI is InChI=1S/C18H26ClN3O3.BrH/c1-24-9-2-6-22-7-3-12(4-8-22)21-18(23)14-11-15(19)16(20)13-5-10-25-17(13)14;/h11-12H,2-10,20H2,1H3,(H,21,23);1H. The lowest BCUT2D eigenvalue weighted by molar-refractivity contribution is 0.0904. The number of piperidine rings is 1. The van der Waals surface area contributed by atoms with Crippen LogP contribution in [0.15, 0.2) is 6.07 Å². The predicted octanol–water partition coefficient (Wildman–Crippen LogP) is 2.67. The molecule has 2 aliphatic heterocycles. The summed E-state index contributed by atoms with van der Waals surface area (Å²) in [5.41, 5.74) is 7.86. The van der Waals surface area contributed by atoms with Gasteiger partial charge in [0.2, 0.25) is 0 Å². The van der Waals surface area contributed by atoms with Crippen molar-refractivity contribution in [2.75, 3.05) is 45.7 Å². The number of nitrogens with one attached hydrogen (secondary N) is 1. The monoisotopic (exact) mass is 447 g/mol. The molecular weight excluding hydrogens is 422 g/mol. The molecule has 6 nitrogen and oxygen atoms in total. The van der Waals surface area contributed by atoms with E-state index in [2.05, 4.69) is 10.2 Å². The van der Waals surface area contributed by atoms with Gasteiger partial charge in [0.15, 0.2) is 0 Å². The summed E-state index contributed by atoms with van der Waals surface area (Å²) in [6.45, 7) is 4.36. The molecule has 2 aliphatic rings. The zero-order chi connectivity index (χ0) is 17.8. The molecule has 0 radical (unpaired) electrons. The topological polar surface area (TPSA) is 76.8 Å². The van der Waals surface area contributed by atoms with E-state index in [0.717, 1.165) is 51.1 Å². The highest BCUT2D eigenvalue weighted by molar-refractivity contribution is 8.93. The second kappa shape index (κ2) is 9.78. The van der Waals surface area contributed by atoms with Crippen LogP contribution in [0.5, 0.6) is 5.75 Å². The maximum Gasteiger partial charge on any atom is 0.255 e. The summed E-state index contributed by atoms with van der Waals surface area (Å²) >= 11 is 6.19. The van der Waals surface area contributed by atoms with Crippen LogP contribution < -0.4 is 15.8 Å². The number of halogens is 2. The van der Waals surface area contributed by atoms with E-state index < -0.39 is 0 Å². The summed E-state index contributed by atoms with van der Waals surface area (Å²) < 4.78 is 10.7. The average Bonchev–Trinajstić information content (AvgIpc) is 3.10. The molecule has 1 aromatic carbocycles. The van der Waals surface area contributed by atoms with Crippen LogP contribution in [0.4, 0.5) is 5.69 Å². The number of fused-ring (bicyclic) bond motifs is 1. The quantitative estimate of drug-likeness (QED) is 0.517. The van der Waals surface area contributed by atoms with E-state index in [1.165, 1.54) is 0 Å². The van der Waals surface area contributed by atoms with Crippen LogP contribution in [0, 0.1) is 0 Å². The van der Waals surface area contributed by atoms with E-state index in [1.807, 2.05) is 0 Å². The smallest absolute Gasteiger partial charge is 0.255 e. The molecule has 1 fully saturated rings. The van der Waals surface area contributed by atoms with Crippen molar-refractivity contribution in [3.8, 4) is 5.75 Å². The van der Waals surface area contributed by atoms with Crippen LogP contribution in [0.25, 0.3) is 0 Å². The van der Waals surface area contributed by atoms with Gasteiger partial charge in [0.1, 0.15) is 5.75 Å². The van der Waals surface area contributed by atoms with Gasteiger partial charge in [-0.25, -0.2) is 0 Å². The van der Waals surface area contributed by atoms with Gasteiger partial charge in [0.25, 0.3) is 5.91 Å². The summed E-state index contributed by atoms with van der Waals surface area (Å²) in [7, 11) is 1.73. The molecule has 146 valence electrons. The Balaban J connectivity index is 0.00000243. The Hall–Kier alpha value is -1.02. The first-order chi connectivity index (χ1) is 12.1. The molecule has 3 rings (SSSR count). The Kier molecular flexibility index (Phi) is 8.01. The molecule has 0 aromatic heterocycles. The number of carbonyl (C=O) groups is 1. The summed E-state index contributed by atoms with van der Waals surface area (Å²) in [5.74, 6) is 0.467. The number of benzene rings is 1. The van der Waals surface area contributed by atoms with Crippen molar-refractivity contribution in [3.05, 3.63) is 22.2 Å². The van der Waals surface area contributed by atoms with Crippen molar-refractivity contribution in [2.45, 2.75) is 31.7 Å². The fraction of sp³-hybridized carbons (Fsp3) is 0.611. The number of nitrogen functional groups attached to an aromatic ring is 1. The van der Waals surface area contributed by atoms with Crippen molar-refractivity contribution >= 4 is 40.2 Å². The summed E-state index contributed by atoms with van der Waals surface area (Å²) in [6.07, 6.45) is 3.64. The fourth-order valence-corrected chi connectivity index (χ4v) is 3.76. The minimum atomic E-state index is -0.127. The molecule has 26 heavy (non-hydrogen) atoms. The van der Waals surface area contributed by atoms with E-state index in [-0.39, 0.29) is 28.9 Å². The number of ether oxygens (including phenoxy) is 2. The molecule has 0 aliphatic carbocycles. The van der Waals surface area contributed by atoms with Gasteiger partial charge in [0.05, 0.1) is 22.9 Å². The number of anilines is 1. The van der Waals surface area contributed by atoms with Gasteiger partial charge in [-0.3, -0.25) is 4.79 Å². The number of rotatable bonds is 6. The van der Waals surface area contributed by atoms with E-state index in [1.54, 1.807) is 13.2 Å². The molecule has 2 heterocycles. The second-order valence-electron chi connectivity index (χ2n) is 6.66. The van der Waals surface area contributed by atoms with Gasteiger partial charge >= 0.3 is 0 Å². The van der Waals surface area contributed by atoms with Gasteiger partial charge in [0, 0.05) is 51.4 Å². The zero-order valence-electron chi connectivity index (χ0n) is 15.1. The Morgan fingerprint density at radius 3 is 2.88 bits per heavy atom.